The van der Waals surface area contributed by atoms with E-state index < -0.39 is 85.7 Å². The van der Waals surface area contributed by atoms with Gasteiger partial charge >= 0.3 is 0 Å². The fourth-order valence-corrected chi connectivity index (χ4v) is 4.30. The first-order chi connectivity index (χ1) is 15.1. The van der Waals surface area contributed by atoms with Gasteiger partial charge in [0.05, 0.1) is 12.2 Å². The molecule has 0 unspecified atom stereocenters. The quantitative estimate of drug-likeness (QED) is 0.174. The third-order valence-electron chi connectivity index (χ3n) is 6.38. The van der Waals surface area contributed by atoms with Crippen molar-refractivity contribution >= 4 is 0 Å². The van der Waals surface area contributed by atoms with E-state index >= 15 is 0 Å². The van der Waals surface area contributed by atoms with E-state index in [2.05, 4.69) is 0 Å². The minimum absolute atomic E-state index is 0.106. The second-order valence-electron chi connectivity index (χ2n) is 8.65. The summed E-state index contributed by atoms with van der Waals surface area (Å²) in [6, 6.07) is -1.13. The van der Waals surface area contributed by atoms with Crippen molar-refractivity contribution in [1.82, 2.24) is 0 Å². The maximum absolute atomic E-state index is 10.2. The van der Waals surface area contributed by atoms with Gasteiger partial charge in [-0.3, -0.25) is 0 Å². The van der Waals surface area contributed by atoms with Gasteiger partial charge in [0.25, 0.3) is 0 Å². The molecule has 3 fully saturated rings. The van der Waals surface area contributed by atoms with Crippen LogP contribution in [-0.2, 0) is 18.9 Å². The highest BCUT2D eigenvalue weighted by atomic mass is 16.7. The molecule has 3 aliphatic rings. The van der Waals surface area contributed by atoms with E-state index in [0.29, 0.717) is 0 Å². The standard InChI is InChI=1S/C18H36N4O10/c19-3-9-11(23)13(25)15(27)17(31-9)29-7-2-8(6(22)1-5(7)21)30-18-16(28)14(26)12(24)10(4-20)32-18/h5-18,23-28H,1-4,19-22H2/t5-,6-,7-,8-,9-,10+,11-,12+,13+,14-,15-,16+,17+,18-/m1/s1. The Kier molecular flexibility index (Phi) is 8.79. The highest BCUT2D eigenvalue weighted by molar-refractivity contribution is 4.96. The van der Waals surface area contributed by atoms with E-state index in [4.69, 9.17) is 41.9 Å². The van der Waals surface area contributed by atoms with E-state index in [1.165, 1.54) is 0 Å². The van der Waals surface area contributed by atoms with E-state index in [1.807, 2.05) is 0 Å². The van der Waals surface area contributed by atoms with Gasteiger partial charge in [-0.1, -0.05) is 0 Å². The van der Waals surface area contributed by atoms with Gasteiger partial charge in [-0.25, -0.2) is 0 Å². The van der Waals surface area contributed by atoms with Crippen LogP contribution in [0.15, 0.2) is 0 Å². The van der Waals surface area contributed by atoms with E-state index in [1.54, 1.807) is 0 Å². The molecule has 0 aromatic heterocycles. The van der Waals surface area contributed by atoms with Crippen LogP contribution in [0.2, 0.25) is 0 Å². The predicted molar refractivity (Wildman–Crippen MR) is 106 cm³/mol. The molecule has 0 radical (unpaired) electrons. The lowest BCUT2D eigenvalue weighted by Gasteiger charge is -2.46. The number of hydrogen-bond acceptors (Lipinski definition) is 14. The zero-order valence-electron chi connectivity index (χ0n) is 17.5. The van der Waals surface area contributed by atoms with Gasteiger partial charge in [-0.05, 0) is 6.42 Å². The predicted octanol–water partition coefficient (Wildman–Crippen LogP) is -6.26. The molecular weight excluding hydrogens is 432 g/mol. The summed E-state index contributed by atoms with van der Waals surface area (Å²) in [5.74, 6) is 0. The Balaban J connectivity index is 1.66. The molecule has 2 heterocycles. The maximum atomic E-state index is 10.2. The molecule has 1 aliphatic carbocycles. The zero-order valence-corrected chi connectivity index (χ0v) is 17.5. The van der Waals surface area contributed by atoms with Crippen LogP contribution in [0.4, 0.5) is 0 Å². The maximum Gasteiger partial charge on any atom is 0.186 e. The summed E-state index contributed by atoms with van der Waals surface area (Å²) in [5.41, 5.74) is 23.4. The van der Waals surface area contributed by atoms with Crippen LogP contribution >= 0.6 is 0 Å². The van der Waals surface area contributed by atoms with Crippen molar-refractivity contribution in [3.05, 3.63) is 0 Å². The van der Waals surface area contributed by atoms with Gasteiger partial charge in [0.2, 0.25) is 0 Å². The molecule has 14 atom stereocenters. The van der Waals surface area contributed by atoms with Crippen LogP contribution in [0, 0.1) is 0 Å². The summed E-state index contributed by atoms with van der Waals surface area (Å²) in [5, 5.41) is 60.5. The molecule has 0 bridgehead atoms. The molecule has 3 rings (SSSR count). The number of ether oxygens (including phenoxy) is 4. The smallest absolute Gasteiger partial charge is 0.186 e. The topological polar surface area (TPSA) is 262 Å². The fourth-order valence-electron chi connectivity index (χ4n) is 4.30. The monoisotopic (exact) mass is 468 g/mol. The van der Waals surface area contributed by atoms with Gasteiger partial charge in [-0.2, -0.15) is 0 Å². The lowest BCUT2D eigenvalue weighted by Crippen LogP contribution is -2.64. The Hall–Kier alpha value is -0.560. The van der Waals surface area contributed by atoms with E-state index in [9.17, 15) is 30.6 Å². The van der Waals surface area contributed by atoms with Crippen molar-refractivity contribution in [2.75, 3.05) is 13.1 Å². The van der Waals surface area contributed by atoms with Crippen LogP contribution < -0.4 is 22.9 Å². The number of aliphatic hydroxyl groups is 6. The number of hydrogen-bond donors (Lipinski definition) is 10. The van der Waals surface area contributed by atoms with Crippen LogP contribution in [0.3, 0.4) is 0 Å². The first-order valence-corrected chi connectivity index (χ1v) is 10.7. The molecule has 14 N–H and O–H groups in total. The van der Waals surface area contributed by atoms with Crippen LogP contribution in [0.25, 0.3) is 0 Å². The minimum Gasteiger partial charge on any atom is -0.388 e. The SMILES string of the molecule is NC[C@@H]1O[C@@H](O[C@@H]2C[C@@H](O[C@H]3O[C@H](CN)[C@@H](O)[C@H](O)[C@H]3O)[C@H](N)C[C@H]2N)[C@@H](O)[C@H](O)[C@H]1O. The second-order valence-corrected chi connectivity index (χ2v) is 8.65. The van der Waals surface area contributed by atoms with Crippen molar-refractivity contribution < 1.29 is 49.6 Å². The molecule has 14 nitrogen and oxygen atoms in total. The highest BCUT2D eigenvalue weighted by Gasteiger charge is 2.48. The minimum atomic E-state index is -1.54. The van der Waals surface area contributed by atoms with Crippen molar-refractivity contribution in [3.63, 3.8) is 0 Å². The molecule has 188 valence electrons. The average Bonchev–Trinajstić information content (AvgIpc) is 2.77. The molecule has 2 saturated heterocycles. The van der Waals surface area contributed by atoms with Gasteiger partial charge in [0.1, 0.15) is 48.8 Å². The first-order valence-electron chi connectivity index (χ1n) is 10.7. The molecule has 32 heavy (non-hydrogen) atoms. The molecule has 14 heteroatoms. The van der Waals surface area contributed by atoms with Gasteiger partial charge in [-0.15, -0.1) is 0 Å². The van der Waals surface area contributed by atoms with Crippen LogP contribution in [0.1, 0.15) is 12.8 Å². The number of nitrogens with two attached hydrogens (primary N) is 4. The Labute approximate surface area is 185 Å². The Morgan fingerprint density at radius 2 is 0.969 bits per heavy atom. The summed E-state index contributed by atoms with van der Waals surface area (Å²) in [6.07, 6.45) is -14.5. The lowest BCUT2D eigenvalue weighted by atomic mass is 9.86. The molecule has 0 spiro atoms. The summed E-state index contributed by atoms with van der Waals surface area (Å²) < 4.78 is 22.6. The van der Waals surface area contributed by atoms with Gasteiger partial charge in [0, 0.05) is 31.6 Å². The summed E-state index contributed by atoms with van der Waals surface area (Å²) in [4.78, 5) is 0. The van der Waals surface area contributed by atoms with Crippen molar-refractivity contribution in [2.45, 2.75) is 98.5 Å². The van der Waals surface area contributed by atoms with Crippen molar-refractivity contribution in [2.24, 2.45) is 22.9 Å². The Morgan fingerprint density at radius 1 is 0.594 bits per heavy atom. The molecule has 1 saturated carbocycles. The number of aliphatic hydroxyl groups excluding tert-OH is 6. The Morgan fingerprint density at radius 3 is 1.31 bits per heavy atom. The van der Waals surface area contributed by atoms with Gasteiger partial charge < -0.3 is 72.5 Å². The van der Waals surface area contributed by atoms with Crippen molar-refractivity contribution in [1.29, 1.82) is 0 Å². The normalized spacial score (nSPS) is 52.7. The fraction of sp³-hybridized carbons (Fsp3) is 1.00. The zero-order chi connectivity index (χ0) is 23.7. The molecular formula is C18H36N4O10. The molecule has 2 aliphatic heterocycles. The van der Waals surface area contributed by atoms with Crippen LogP contribution in [0.5, 0.6) is 0 Å². The summed E-state index contributed by atoms with van der Waals surface area (Å²) in [6.45, 7) is -0.211. The first kappa shape index (κ1) is 26.1. The highest BCUT2D eigenvalue weighted by Crippen LogP contribution is 2.31. The third-order valence-corrected chi connectivity index (χ3v) is 6.38. The van der Waals surface area contributed by atoms with E-state index in [0.717, 1.165) is 0 Å². The largest absolute Gasteiger partial charge is 0.388 e. The second kappa shape index (κ2) is 10.8. The summed E-state index contributed by atoms with van der Waals surface area (Å²) in [7, 11) is 0. The Bertz CT molecular complexity index is 556. The summed E-state index contributed by atoms with van der Waals surface area (Å²) >= 11 is 0. The molecule has 0 aromatic rings. The molecule has 0 aromatic carbocycles. The van der Waals surface area contributed by atoms with Crippen molar-refractivity contribution in [3.8, 4) is 0 Å². The van der Waals surface area contributed by atoms with Crippen LogP contribution in [-0.4, -0.2) is 129 Å². The van der Waals surface area contributed by atoms with Gasteiger partial charge in [0.15, 0.2) is 12.6 Å². The van der Waals surface area contributed by atoms with E-state index in [-0.39, 0.29) is 25.9 Å². The average molecular weight is 469 g/mol. The number of rotatable bonds is 6. The third kappa shape index (κ3) is 5.24. The molecule has 0 amide bonds. The lowest BCUT2D eigenvalue weighted by molar-refractivity contribution is -0.323.